The van der Waals surface area contributed by atoms with E-state index < -0.39 is 0 Å². The van der Waals surface area contributed by atoms with Gasteiger partial charge in [-0.2, -0.15) is 0 Å². The summed E-state index contributed by atoms with van der Waals surface area (Å²) in [6.07, 6.45) is 8.37. The highest BCUT2D eigenvalue weighted by molar-refractivity contribution is 7.80. The number of aryl methyl sites for hydroxylation is 1. The molecule has 0 unspecified atom stereocenters. The van der Waals surface area contributed by atoms with Crippen molar-refractivity contribution in [3.63, 3.8) is 0 Å². The third kappa shape index (κ3) is 5.13. The van der Waals surface area contributed by atoms with Crippen LogP contribution in [0.2, 0.25) is 5.02 Å². The van der Waals surface area contributed by atoms with Crippen LogP contribution < -0.4 is 15.5 Å². The number of rotatable bonds is 6. The average molecular weight is 442 g/mol. The lowest BCUT2D eigenvalue weighted by atomic mass is 9.89. The number of benzene rings is 2. The van der Waals surface area contributed by atoms with E-state index >= 15 is 0 Å². The Bertz CT molecular complexity index is 892. The number of halogens is 1. The fourth-order valence-electron chi connectivity index (χ4n) is 4.57. The summed E-state index contributed by atoms with van der Waals surface area (Å²) in [5.74, 6) is 0.205. The van der Waals surface area contributed by atoms with E-state index in [0.29, 0.717) is 11.5 Å². The lowest BCUT2D eigenvalue weighted by Gasteiger charge is -2.32. The molecule has 2 aliphatic rings. The fourth-order valence-corrected chi connectivity index (χ4v) is 5.03. The van der Waals surface area contributed by atoms with E-state index in [1.807, 2.05) is 41.3 Å². The number of thiocarbonyl (C=S) groups is 1. The van der Waals surface area contributed by atoms with Crippen molar-refractivity contribution in [2.45, 2.75) is 56.9 Å². The van der Waals surface area contributed by atoms with Gasteiger partial charge in [-0.3, -0.25) is 4.79 Å². The zero-order valence-electron chi connectivity index (χ0n) is 17.1. The average Bonchev–Trinajstić information content (AvgIpc) is 3.37. The SMILES string of the molecule is O=C1CCCN1c1ccc(NC(=S)NC2(CCc3ccc(Cl)cc3)CCCC2)cc1. The van der Waals surface area contributed by atoms with E-state index in [2.05, 4.69) is 22.8 Å². The molecule has 0 bridgehead atoms. The first-order valence-corrected chi connectivity index (χ1v) is 11.6. The van der Waals surface area contributed by atoms with Crippen LogP contribution in [0.4, 0.5) is 11.4 Å². The van der Waals surface area contributed by atoms with Gasteiger partial charge in [-0.25, -0.2) is 0 Å². The first-order chi connectivity index (χ1) is 14.5. The molecule has 0 spiro atoms. The molecule has 0 aromatic heterocycles. The maximum atomic E-state index is 11.9. The van der Waals surface area contributed by atoms with Crippen LogP contribution in [0.25, 0.3) is 0 Å². The van der Waals surface area contributed by atoms with Gasteiger partial charge in [-0.15, -0.1) is 0 Å². The van der Waals surface area contributed by atoms with E-state index in [1.54, 1.807) is 0 Å². The predicted molar refractivity (Wildman–Crippen MR) is 128 cm³/mol. The topological polar surface area (TPSA) is 44.4 Å². The number of nitrogens with one attached hydrogen (secondary N) is 2. The lowest BCUT2D eigenvalue weighted by molar-refractivity contribution is -0.117. The van der Waals surface area contributed by atoms with Gasteiger partial charge in [0.2, 0.25) is 5.91 Å². The Hall–Kier alpha value is -2.11. The molecule has 2 aromatic rings. The standard InChI is InChI=1S/C24H28ClN3OS/c25-19-7-5-18(6-8-19)13-16-24(14-1-2-15-24)27-23(30)26-20-9-11-21(12-10-20)28-17-3-4-22(28)29/h5-12H,1-4,13-17H2,(H2,26,27,30). The molecule has 2 fully saturated rings. The van der Waals surface area contributed by atoms with Gasteiger partial charge in [0.1, 0.15) is 0 Å². The molecule has 4 rings (SSSR count). The van der Waals surface area contributed by atoms with E-state index in [0.717, 1.165) is 55.0 Å². The molecule has 1 saturated carbocycles. The molecule has 1 aliphatic carbocycles. The molecule has 1 aliphatic heterocycles. The van der Waals surface area contributed by atoms with Gasteiger partial charge in [-0.05, 0) is 86.3 Å². The molecule has 0 atom stereocenters. The van der Waals surface area contributed by atoms with Gasteiger partial charge in [0.25, 0.3) is 0 Å². The third-order valence-electron chi connectivity index (χ3n) is 6.26. The molecular weight excluding hydrogens is 414 g/mol. The molecular formula is C24H28ClN3OS. The Labute approximate surface area is 189 Å². The van der Waals surface area contributed by atoms with E-state index in [4.69, 9.17) is 23.8 Å². The Morgan fingerprint density at radius 2 is 1.73 bits per heavy atom. The van der Waals surface area contributed by atoms with Gasteiger partial charge >= 0.3 is 0 Å². The summed E-state index contributed by atoms with van der Waals surface area (Å²) in [7, 11) is 0. The smallest absolute Gasteiger partial charge is 0.227 e. The van der Waals surface area contributed by atoms with Crippen molar-refractivity contribution in [3.8, 4) is 0 Å². The summed E-state index contributed by atoms with van der Waals surface area (Å²) in [5.41, 5.74) is 3.25. The zero-order chi connectivity index (χ0) is 21.0. The molecule has 2 N–H and O–H groups in total. The number of anilines is 2. The van der Waals surface area contributed by atoms with Crippen LogP contribution in [-0.2, 0) is 11.2 Å². The maximum absolute atomic E-state index is 11.9. The van der Waals surface area contributed by atoms with Crippen molar-refractivity contribution in [1.29, 1.82) is 0 Å². The molecule has 4 nitrogen and oxygen atoms in total. The Kier molecular flexibility index (Phi) is 6.59. The van der Waals surface area contributed by atoms with E-state index in [9.17, 15) is 4.79 Å². The van der Waals surface area contributed by atoms with Crippen LogP contribution in [0.15, 0.2) is 48.5 Å². The summed E-state index contributed by atoms with van der Waals surface area (Å²) < 4.78 is 0. The van der Waals surface area contributed by atoms with Gasteiger partial charge in [0.05, 0.1) is 0 Å². The molecule has 0 radical (unpaired) electrons. The molecule has 2 aromatic carbocycles. The second-order valence-corrected chi connectivity index (χ2v) is 9.23. The van der Waals surface area contributed by atoms with Crippen molar-refractivity contribution in [2.75, 3.05) is 16.8 Å². The van der Waals surface area contributed by atoms with Crippen LogP contribution in [0.1, 0.15) is 50.5 Å². The van der Waals surface area contributed by atoms with Crippen LogP contribution >= 0.6 is 23.8 Å². The minimum absolute atomic E-state index is 0.0473. The number of amides is 1. The number of nitrogens with zero attached hydrogens (tertiary/aromatic N) is 1. The van der Waals surface area contributed by atoms with Crippen molar-refractivity contribution >= 4 is 46.2 Å². The normalized spacial score (nSPS) is 17.9. The highest BCUT2D eigenvalue weighted by atomic mass is 35.5. The third-order valence-corrected chi connectivity index (χ3v) is 6.71. The van der Waals surface area contributed by atoms with E-state index in [1.165, 1.54) is 18.4 Å². The van der Waals surface area contributed by atoms with Gasteiger partial charge in [0, 0.05) is 34.9 Å². The molecule has 6 heteroatoms. The highest BCUT2D eigenvalue weighted by Crippen LogP contribution is 2.34. The first-order valence-electron chi connectivity index (χ1n) is 10.8. The molecule has 1 amide bonds. The van der Waals surface area contributed by atoms with Gasteiger partial charge < -0.3 is 15.5 Å². The number of carbonyl (C=O) groups excluding carboxylic acids is 1. The van der Waals surface area contributed by atoms with Crippen molar-refractivity contribution in [1.82, 2.24) is 5.32 Å². The van der Waals surface area contributed by atoms with E-state index in [-0.39, 0.29) is 11.4 Å². The van der Waals surface area contributed by atoms with Crippen LogP contribution in [0.3, 0.4) is 0 Å². The summed E-state index contributed by atoms with van der Waals surface area (Å²) in [6, 6.07) is 16.1. The molecule has 158 valence electrons. The summed E-state index contributed by atoms with van der Waals surface area (Å²) in [6.45, 7) is 0.807. The Balaban J connectivity index is 1.35. The number of hydrogen-bond acceptors (Lipinski definition) is 2. The monoisotopic (exact) mass is 441 g/mol. The second-order valence-electron chi connectivity index (χ2n) is 8.39. The zero-order valence-corrected chi connectivity index (χ0v) is 18.7. The van der Waals surface area contributed by atoms with Crippen molar-refractivity contribution in [2.24, 2.45) is 0 Å². The van der Waals surface area contributed by atoms with Crippen molar-refractivity contribution < 1.29 is 4.79 Å². The minimum atomic E-state index is 0.0473. The maximum Gasteiger partial charge on any atom is 0.227 e. The van der Waals surface area contributed by atoms with Crippen LogP contribution in [0, 0.1) is 0 Å². The summed E-state index contributed by atoms with van der Waals surface area (Å²) in [4.78, 5) is 13.8. The minimum Gasteiger partial charge on any atom is -0.357 e. The fraction of sp³-hybridized carbons (Fsp3) is 0.417. The quantitative estimate of drug-likeness (QED) is 0.564. The number of carbonyl (C=O) groups is 1. The molecule has 1 heterocycles. The molecule has 1 saturated heterocycles. The predicted octanol–water partition coefficient (Wildman–Crippen LogP) is 5.70. The highest BCUT2D eigenvalue weighted by Gasteiger charge is 2.34. The Morgan fingerprint density at radius 3 is 2.37 bits per heavy atom. The van der Waals surface area contributed by atoms with Crippen LogP contribution in [-0.4, -0.2) is 23.1 Å². The van der Waals surface area contributed by atoms with Crippen LogP contribution in [0.5, 0.6) is 0 Å². The molecule has 30 heavy (non-hydrogen) atoms. The summed E-state index contributed by atoms with van der Waals surface area (Å²) >= 11 is 11.7. The second kappa shape index (κ2) is 9.36. The summed E-state index contributed by atoms with van der Waals surface area (Å²) in [5, 5.41) is 8.40. The lowest BCUT2D eigenvalue weighted by Crippen LogP contribution is -2.48. The number of hydrogen-bond donors (Lipinski definition) is 2. The van der Waals surface area contributed by atoms with Gasteiger partial charge in [-0.1, -0.05) is 36.6 Å². The first kappa shape index (κ1) is 21.1. The van der Waals surface area contributed by atoms with Crippen molar-refractivity contribution in [3.05, 3.63) is 59.1 Å². The largest absolute Gasteiger partial charge is 0.357 e. The van der Waals surface area contributed by atoms with Gasteiger partial charge in [0.15, 0.2) is 5.11 Å². The Morgan fingerprint density at radius 1 is 1.03 bits per heavy atom.